The lowest BCUT2D eigenvalue weighted by molar-refractivity contribution is -0.159. The minimum absolute atomic E-state index is 0.0502. The molecule has 3 unspecified atom stereocenters. The SMILES string of the molecule is CC(=O)OC1C=C[C@@]2(C)C(CC[C@@H]3[C@@H]2CC[C@]2(C)C(OC(C)=O)CC[C@@H]32)C1. The van der Waals surface area contributed by atoms with E-state index in [4.69, 9.17) is 9.47 Å². The fourth-order valence-corrected chi connectivity index (χ4v) is 7.42. The highest BCUT2D eigenvalue weighted by Gasteiger charge is 2.60. The summed E-state index contributed by atoms with van der Waals surface area (Å²) < 4.78 is 11.2. The van der Waals surface area contributed by atoms with Crippen molar-refractivity contribution in [1.82, 2.24) is 0 Å². The topological polar surface area (TPSA) is 52.6 Å². The van der Waals surface area contributed by atoms with Crippen molar-refractivity contribution in [3.05, 3.63) is 12.2 Å². The highest BCUT2D eigenvalue weighted by atomic mass is 16.5. The third-order valence-corrected chi connectivity index (χ3v) is 8.69. The van der Waals surface area contributed by atoms with E-state index in [9.17, 15) is 9.59 Å². The molecule has 0 aromatic heterocycles. The first-order valence-electron chi connectivity index (χ1n) is 10.8. The number of allylic oxidation sites excluding steroid dienone is 1. The van der Waals surface area contributed by atoms with E-state index < -0.39 is 0 Å². The number of carbonyl (C=O) groups is 2. The highest BCUT2D eigenvalue weighted by molar-refractivity contribution is 5.66. The monoisotopic (exact) mass is 374 g/mol. The van der Waals surface area contributed by atoms with E-state index in [0.29, 0.717) is 17.8 Å². The molecular formula is C23H34O4. The van der Waals surface area contributed by atoms with Crippen LogP contribution in [0.4, 0.5) is 0 Å². The first kappa shape index (κ1) is 19.0. The van der Waals surface area contributed by atoms with Gasteiger partial charge in [0.05, 0.1) is 0 Å². The Kier molecular flexibility index (Phi) is 4.67. The summed E-state index contributed by atoms with van der Waals surface area (Å²) in [4.78, 5) is 22.9. The lowest BCUT2D eigenvalue weighted by Crippen LogP contribution is -2.53. The molecule has 0 aliphatic heterocycles. The standard InChI is InChI=1S/C23H34O4/c1-14(24)26-17-9-11-22(3)16(13-17)5-6-18-19-7-8-21(27-15(2)25)23(19,4)12-10-20(18)22/h9,11,16-21H,5-8,10,12-13H2,1-4H3/t16?,17?,18-,19-,20-,21?,22-,23-/m0/s1. The molecule has 0 bridgehead atoms. The molecule has 0 radical (unpaired) electrons. The number of hydrogen-bond donors (Lipinski definition) is 0. The Hall–Kier alpha value is -1.32. The summed E-state index contributed by atoms with van der Waals surface area (Å²) in [5, 5.41) is 0. The lowest BCUT2D eigenvalue weighted by atomic mass is 9.46. The van der Waals surface area contributed by atoms with E-state index in [1.165, 1.54) is 32.6 Å². The van der Waals surface area contributed by atoms with Gasteiger partial charge in [0.1, 0.15) is 12.2 Å². The van der Waals surface area contributed by atoms with Crippen LogP contribution in [-0.2, 0) is 19.1 Å². The molecule has 0 aromatic rings. The van der Waals surface area contributed by atoms with Crippen LogP contribution in [0, 0.1) is 34.5 Å². The molecule has 0 saturated heterocycles. The molecule has 4 nitrogen and oxygen atoms in total. The van der Waals surface area contributed by atoms with Gasteiger partial charge in [0, 0.05) is 19.3 Å². The quantitative estimate of drug-likeness (QED) is 0.521. The Bertz CT molecular complexity index is 655. The summed E-state index contributed by atoms with van der Waals surface area (Å²) in [5.41, 5.74) is 0.356. The zero-order valence-corrected chi connectivity index (χ0v) is 17.2. The van der Waals surface area contributed by atoms with Crippen LogP contribution >= 0.6 is 0 Å². The first-order valence-corrected chi connectivity index (χ1v) is 10.8. The van der Waals surface area contributed by atoms with E-state index in [0.717, 1.165) is 25.2 Å². The Morgan fingerprint density at radius 1 is 0.926 bits per heavy atom. The van der Waals surface area contributed by atoms with E-state index in [1.807, 2.05) is 0 Å². The molecule has 0 spiro atoms. The molecule has 3 fully saturated rings. The molecule has 8 atom stereocenters. The van der Waals surface area contributed by atoms with Crippen molar-refractivity contribution in [2.45, 2.75) is 84.8 Å². The van der Waals surface area contributed by atoms with Crippen molar-refractivity contribution in [3.8, 4) is 0 Å². The van der Waals surface area contributed by atoms with Gasteiger partial charge in [-0.25, -0.2) is 0 Å². The minimum Gasteiger partial charge on any atom is -0.462 e. The zero-order valence-electron chi connectivity index (χ0n) is 17.2. The molecule has 4 aliphatic carbocycles. The van der Waals surface area contributed by atoms with Crippen LogP contribution in [-0.4, -0.2) is 24.1 Å². The van der Waals surface area contributed by atoms with Gasteiger partial charge >= 0.3 is 11.9 Å². The fourth-order valence-electron chi connectivity index (χ4n) is 7.42. The third kappa shape index (κ3) is 3.03. The van der Waals surface area contributed by atoms with Crippen LogP contribution in [0.15, 0.2) is 12.2 Å². The number of rotatable bonds is 2. The second-order valence-corrected chi connectivity index (χ2v) is 9.98. The second kappa shape index (κ2) is 6.63. The maximum atomic E-state index is 11.6. The molecule has 0 N–H and O–H groups in total. The minimum atomic E-state index is -0.183. The van der Waals surface area contributed by atoms with E-state index >= 15 is 0 Å². The largest absolute Gasteiger partial charge is 0.462 e. The molecule has 0 heterocycles. The van der Waals surface area contributed by atoms with Crippen molar-refractivity contribution in [3.63, 3.8) is 0 Å². The van der Waals surface area contributed by atoms with Crippen LogP contribution in [0.2, 0.25) is 0 Å². The van der Waals surface area contributed by atoms with Crippen LogP contribution in [0.25, 0.3) is 0 Å². The normalized spacial score (nSPS) is 48.1. The molecule has 27 heavy (non-hydrogen) atoms. The summed E-state index contributed by atoms with van der Waals surface area (Å²) in [7, 11) is 0. The molecule has 4 heteroatoms. The van der Waals surface area contributed by atoms with Gasteiger partial charge in [-0.3, -0.25) is 9.59 Å². The predicted octanol–water partition coefficient (Wildman–Crippen LogP) is 4.67. The number of ether oxygens (including phenoxy) is 2. The van der Waals surface area contributed by atoms with Gasteiger partial charge in [0.2, 0.25) is 0 Å². The molecule has 4 rings (SSSR count). The van der Waals surface area contributed by atoms with Crippen LogP contribution < -0.4 is 0 Å². The van der Waals surface area contributed by atoms with Crippen molar-refractivity contribution in [2.24, 2.45) is 34.5 Å². The van der Waals surface area contributed by atoms with E-state index in [-0.39, 0.29) is 35.0 Å². The lowest BCUT2D eigenvalue weighted by Gasteiger charge is -2.59. The van der Waals surface area contributed by atoms with Gasteiger partial charge in [-0.2, -0.15) is 0 Å². The van der Waals surface area contributed by atoms with Gasteiger partial charge < -0.3 is 9.47 Å². The average Bonchev–Trinajstić information content (AvgIpc) is 2.91. The molecular weight excluding hydrogens is 340 g/mol. The van der Waals surface area contributed by atoms with Crippen LogP contribution in [0.5, 0.6) is 0 Å². The second-order valence-electron chi connectivity index (χ2n) is 9.98. The summed E-state index contributed by atoms with van der Waals surface area (Å²) in [6.45, 7) is 7.85. The number of carbonyl (C=O) groups excluding carboxylic acids is 2. The maximum absolute atomic E-state index is 11.6. The summed E-state index contributed by atoms with van der Waals surface area (Å²) in [6.07, 6.45) is 12.6. The summed E-state index contributed by atoms with van der Waals surface area (Å²) in [5.74, 6) is 2.37. The van der Waals surface area contributed by atoms with E-state index in [2.05, 4.69) is 26.0 Å². The number of hydrogen-bond acceptors (Lipinski definition) is 4. The Labute approximate surface area is 163 Å². The van der Waals surface area contributed by atoms with Gasteiger partial charge in [-0.1, -0.05) is 19.9 Å². The summed E-state index contributed by atoms with van der Waals surface area (Å²) in [6, 6.07) is 0. The maximum Gasteiger partial charge on any atom is 0.303 e. The summed E-state index contributed by atoms with van der Waals surface area (Å²) >= 11 is 0. The molecule has 4 aliphatic rings. The van der Waals surface area contributed by atoms with Crippen molar-refractivity contribution < 1.29 is 19.1 Å². The Morgan fingerprint density at radius 3 is 2.37 bits per heavy atom. The average molecular weight is 375 g/mol. The zero-order chi connectivity index (χ0) is 19.4. The third-order valence-electron chi connectivity index (χ3n) is 8.69. The molecule has 0 aromatic carbocycles. The number of fused-ring (bicyclic) bond motifs is 5. The van der Waals surface area contributed by atoms with Crippen LogP contribution in [0.3, 0.4) is 0 Å². The van der Waals surface area contributed by atoms with Crippen molar-refractivity contribution in [1.29, 1.82) is 0 Å². The Balaban J connectivity index is 1.55. The fraction of sp³-hybridized carbons (Fsp3) is 0.826. The predicted molar refractivity (Wildman–Crippen MR) is 103 cm³/mol. The first-order chi connectivity index (χ1) is 12.7. The molecule has 150 valence electrons. The molecule has 0 amide bonds. The van der Waals surface area contributed by atoms with Crippen molar-refractivity contribution >= 4 is 11.9 Å². The number of esters is 2. The van der Waals surface area contributed by atoms with Crippen LogP contribution in [0.1, 0.15) is 72.6 Å². The van der Waals surface area contributed by atoms with Gasteiger partial charge in [0.25, 0.3) is 0 Å². The Morgan fingerprint density at radius 2 is 1.67 bits per heavy atom. The smallest absolute Gasteiger partial charge is 0.303 e. The highest BCUT2D eigenvalue weighted by Crippen LogP contribution is 2.65. The van der Waals surface area contributed by atoms with Crippen molar-refractivity contribution in [2.75, 3.05) is 0 Å². The van der Waals surface area contributed by atoms with Gasteiger partial charge in [0.15, 0.2) is 0 Å². The molecule has 3 saturated carbocycles. The van der Waals surface area contributed by atoms with Gasteiger partial charge in [-0.05, 0) is 80.1 Å². The van der Waals surface area contributed by atoms with Gasteiger partial charge in [-0.15, -0.1) is 0 Å². The van der Waals surface area contributed by atoms with E-state index in [1.54, 1.807) is 6.92 Å².